The molecule has 0 saturated carbocycles. The Labute approximate surface area is 142 Å². The largest absolute Gasteiger partial charge is 0.472 e. The van der Waals surface area contributed by atoms with Crippen LogP contribution in [0.1, 0.15) is 25.7 Å². The van der Waals surface area contributed by atoms with Crippen LogP contribution in [-0.2, 0) is 14.4 Å². The molecule has 7 nitrogen and oxygen atoms in total. The normalized spacial score (nSPS) is 25.2. The van der Waals surface area contributed by atoms with Gasteiger partial charge in [-0.25, -0.2) is 4.98 Å². The summed E-state index contributed by atoms with van der Waals surface area (Å²) in [6, 6.07) is 5.39. The Kier molecular flexibility index (Phi) is 6.40. The van der Waals surface area contributed by atoms with E-state index in [0.717, 1.165) is 32.4 Å². The first kappa shape index (κ1) is 17.1. The minimum Gasteiger partial charge on any atom is -0.472 e. The van der Waals surface area contributed by atoms with Crippen LogP contribution in [0.5, 0.6) is 5.88 Å². The molecule has 2 aliphatic rings. The zero-order chi connectivity index (χ0) is 16.6. The molecule has 2 aliphatic heterocycles. The van der Waals surface area contributed by atoms with Crippen LogP contribution < -0.4 is 10.1 Å². The van der Waals surface area contributed by atoms with Crippen LogP contribution in [0.3, 0.4) is 0 Å². The fraction of sp³-hybridized carbons (Fsp3) is 0.647. The number of hydroxylamine groups is 2. The Balaban J connectivity index is 1.46. The first-order chi connectivity index (χ1) is 11.8. The van der Waals surface area contributed by atoms with E-state index in [-0.39, 0.29) is 18.1 Å². The van der Waals surface area contributed by atoms with Gasteiger partial charge in [-0.15, -0.1) is 0 Å². The van der Waals surface area contributed by atoms with Gasteiger partial charge in [-0.2, -0.15) is 5.06 Å². The summed E-state index contributed by atoms with van der Waals surface area (Å²) in [5.41, 5.74) is 0. The van der Waals surface area contributed by atoms with Crippen molar-refractivity contribution < 1.29 is 19.1 Å². The maximum Gasteiger partial charge on any atom is 0.221 e. The van der Waals surface area contributed by atoms with Gasteiger partial charge in [-0.1, -0.05) is 6.07 Å². The average Bonchev–Trinajstić information content (AvgIpc) is 2.63. The van der Waals surface area contributed by atoms with E-state index in [9.17, 15) is 4.79 Å². The van der Waals surface area contributed by atoms with Gasteiger partial charge >= 0.3 is 0 Å². The van der Waals surface area contributed by atoms with Crippen LogP contribution in [0.15, 0.2) is 24.4 Å². The Morgan fingerprint density at radius 1 is 1.38 bits per heavy atom. The van der Waals surface area contributed by atoms with Crippen LogP contribution in [0.4, 0.5) is 0 Å². The molecule has 0 bridgehead atoms. The quantitative estimate of drug-likeness (QED) is 0.841. The molecule has 2 fully saturated rings. The Morgan fingerprint density at radius 2 is 2.33 bits per heavy atom. The Bertz CT molecular complexity index is 508. The molecule has 24 heavy (non-hydrogen) atoms. The van der Waals surface area contributed by atoms with Crippen molar-refractivity contribution in [3.05, 3.63) is 24.4 Å². The third kappa shape index (κ3) is 5.15. The van der Waals surface area contributed by atoms with E-state index < -0.39 is 0 Å². The van der Waals surface area contributed by atoms with Crippen LogP contribution in [0, 0.1) is 0 Å². The lowest BCUT2D eigenvalue weighted by atomic mass is 10.1. The number of rotatable bonds is 6. The number of nitrogens with zero attached hydrogens (tertiary/aromatic N) is 2. The van der Waals surface area contributed by atoms with Gasteiger partial charge in [-0.3, -0.25) is 9.63 Å². The van der Waals surface area contributed by atoms with E-state index in [1.54, 1.807) is 6.20 Å². The number of nitrogens with one attached hydrogen (secondary N) is 1. The van der Waals surface area contributed by atoms with Gasteiger partial charge in [0, 0.05) is 38.2 Å². The molecule has 1 aromatic heterocycles. The van der Waals surface area contributed by atoms with Crippen LogP contribution in [0.2, 0.25) is 0 Å². The van der Waals surface area contributed by atoms with Crippen molar-refractivity contribution >= 4 is 5.91 Å². The molecule has 1 aromatic rings. The molecule has 0 aliphatic carbocycles. The van der Waals surface area contributed by atoms with Crippen molar-refractivity contribution in [1.82, 2.24) is 15.4 Å². The molecule has 132 valence electrons. The molecule has 3 heterocycles. The summed E-state index contributed by atoms with van der Waals surface area (Å²) in [5.74, 6) is 0.569. The van der Waals surface area contributed by atoms with E-state index in [1.165, 1.54) is 0 Å². The molecule has 2 atom stereocenters. The SMILES string of the molecule is O=C(CCN1CCCCO1)N[C@@H]1COCC[C@H]1Oc1ccccn1. The monoisotopic (exact) mass is 335 g/mol. The van der Waals surface area contributed by atoms with E-state index in [4.69, 9.17) is 14.3 Å². The summed E-state index contributed by atoms with van der Waals surface area (Å²) in [4.78, 5) is 21.9. The Hall–Kier alpha value is -1.70. The van der Waals surface area contributed by atoms with Gasteiger partial charge in [0.2, 0.25) is 11.8 Å². The predicted molar refractivity (Wildman–Crippen MR) is 87.4 cm³/mol. The number of ether oxygens (including phenoxy) is 2. The molecule has 7 heteroatoms. The third-order valence-electron chi connectivity index (χ3n) is 4.21. The minimum atomic E-state index is -0.157. The second-order valence-corrected chi connectivity index (χ2v) is 6.08. The van der Waals surface area contributed by atoms with Crippen molar-refractivity contribution in [2.24, 2.45) is 0 Å². The van der Waals surface area contributed by atoms with Crippen molar-refractivity contribution in [3.63, 3.8) is 0 Å². The van der Waals surface area contributed by atoms with Crippen LogP contribution in [-0.4, -0.2) is 61.0 Å². The standard InChI is InChI=1S/C17H25N3O4/c21-16(6-10-20-9-3-4-11-23-20)19-14-13-22-12-7-15(14)24-17-5-1-2-8-18-17/h1-2,5,8,14-15H,3-4,6-7,9-13H2,(H,19,21)/t14-,15-/m1/s1. The fourth-order valence-corrected chi connectivity index (χ4v) is 2.90. The maximum absolute atomic E-state index is 12.2. The number of aromatic nitrogens is 1. The lowest BCUT2D eigenvalue weighted by Crippen LogP contribution is -2.52. The molecule has 0 unspecified atom stereocenters. The summed E-state index contributed by atoms with van der Waals surface area (Å²) in [5, 5.41) is 4.91. The average molecular weight is 335 g/mol. The Morgan fingerprint density at radius 3 is 3.12 bits per heavy atom. The van der Waals surface area contributed by atoms with Gasteiger partial charge in [0.15, 0.2) is 0 Å². The number of hydrogen-bond acceptors (Lipinski definition) is 6. The summed E-state index contributed by atoms with van der Waals surface area (Å²) < 4.78 is 11.4. The highest BCUT2D eigenvalue weighted by Gasteiger charge is 2.29. The first-order valence-electron chi connectivity index (χ1n) is 8.64. The van der Waals surface area contributed by atoms with Gasteiger partial charge in [0.25, 0.3) is 0 Å². The van der Waals surface area contributed by atoms with Crippen LogP contribution in [0.25, 0.3) is 0 Å². The second kappa shape index (κ2) is 8.96. The van der Waals surface area contributed by atoms with Gasteiger partial charge in [0.05, 0.1) is 25.9 Å². The summed E-state index contributed by atoms with van der Waals surface area (Å²) >= 11 is 0. The molecule has 2 saturated heterocycles. The third-order valence-corrected chi connectivity index (χ3v) is 4.21. The minimum absolute atomic E-state index is 0.00528. The molecular weight excluding hydrogens is 310 g/mol. The van der Waals surface area contributed by atoms with Gasteiger partial charge in [0.1, 0.15) is 6.10 Å². The van der Waals surface area contributed by atoms with Crippen molar-refractivity contribution in [2.75, 3.05) is 32.9 Å². The number of carbonyl (C=O) groups is 1. The maximum atomic E-state index is 12.2. The molecule has 1 N–H and O–H groups in total. The highest BCUT2D eigenvalue weighted by Crippen LogP contribution is 2.16. The highest BCUT2D eigenvalue weighted by molar-refractivity contribution is 5.76. The topological polar surface area (TPSA) is 72.9 Å². The summed E-state index contributed by atoms with van der Waals surface area (Å²) in [7, 11) is 0. The molecule has 0 aromatic carbocycles. The molecule has 3 rings (SSSR count). The lowest BCUT2D eigenvalue weighted by Gasteiger charge is -2.32. The van der Waals surface area contributed by atoms with Gasteiger partial charge in [-0.05, 0) is 18.9 Å². The molecule has 0 radical (unpaired) electrons. The highest BCUT2D eigenvalue weighted by atomic mass is 16.7. The van der Waals surface area contributed by atoms with Crippen molar-refractivity contribution in [3.8, 4) is 5.88 Å². The number of hydrogen-bond donors (Lipinski definition) is 1. The van der Waals surface area contributed by atoms with Gasteiger partial charge < -0.3 is 14.8 Å². The zero-order valence-corrected chi connectivity index (χ0v) is 13.9. The van der Waals surface area contributed by atoms with Crippen molar-refractivity contribution in [1.29, 1.82) is 0 Å². The number of pyridine rings is 1. The van der Waals surface area contributed by atoms with E-state index in [1.807, 2.05) is 23.3 Å². The predicted octanol–water partition coefficient (Wildman–Crippen LogP) is 1.15. The summed E-state index contributed by atoms with van der Waals surface area (Å²) in [6.07, 6.45) is 4.93. The molecular formula is C17H25N3O4. The first-order valence-corrected chi connectivity index (χ1v) is 8.64. The molecule has 1 amide bonds. The van der Waals surface area contributed by atoms with Crippen LogP contribution >= 0.6 is 0 Å². The molecule has 0 spiro atoms. The smallest absolute Gasteiger partial charge is 0.221 e. The zero-order valence-electron chi connectivity index (χ0n) is 13.9. The second-order valence-electron chi connectivity index (χ2n) is 6.08. The lowest BCUT2D eigenvalue weighted by molar-refractivity contribution is -0.181. The number of amides is 1. The van der Waals surface area contributed by atoms with E-state index in [0.29, 0.717) is 32.1 Å². The van der Waals surface area contributed by atoms with E-state index >= 15 is 0 Å². The summed E-state index contributed by atoms with van der Waals surface area (Å²) in [6.45, 7) is 3.35. The van der Waals surface area contributed by atoms with Crippen molar-refractivity contribution in [2.45, 2.75) is 37.8 Å². The van der Waals surface area contributed by atoms with E-state index in [2.05, 4.69) is 10.3 Å². The number of carbonyl (C=O) groups excluding carboxylic acids is 1. The fourth-order valence-electron chi connectivity index (χ4n) is 2.90.